The van der Waals surface area contributed by atoms with Crippen LogP contribution in [0.1, 0.15) is 19.8 Å². The molecule has 0 aliphatic carbocycles. The average Bonchev–Trinajstić information content (AvgIpc) is 2.48. The van der Waals surface area contributed by atoms with Gasteiger partial charge in [0.05, 0.1) is 0 Å². The van der Waals surface area contributed by atoms with Crippen molar-refractivity contribution in [1.29, 1.82) is 0 Å². The molecule has 0 aliphatic rings. The molecule has 1 rings (SSSR count). The van der Waals surface area contributed by atoms with Gasteiger partial charge in [-0.05, 0) is 18.8 Å². The highest BCUT2D eigenvalue weighted by Gasteiger charge is 2.02. The van der Waals surface area contributed by atoms with E-state index in [9.17, 15) is 4.79 Å². The van der Waals surface area contributed by atoms with Crippen molar-refractivity contribution >= 4 is 22.9 Å². The van der Waals surface area contributed by atoms with E-state index < -0.39 is 0 Å². The number of hydrogen-bond donors (Lipinski definition) is 0. The topological polar surface area (TPSA) is 22.0 Å². The molecule has 0 spiro atoms. The summed E-state index contributed by atoms with van der Waals surface area (Å²) in [4.78, 5) is 11.3. The molecule has 1 heterocycles. The fourth-order valence-corrected chi connectivity index (χ4v) is 2.13. The summed E-state index contributed by atoms with van der Waals surface area (Å²) in [7, 11) is 0. The summed E-state index contributed by atoms with van der Waals surface area (Å²) >= 11 is 6.87. The Labute approximate surface area is 87.2 Å². The van der Waals surface area contributed by atoms with Crippen LogP contribution in [-0.4, -0.2) is 10.4 Å². The Kier molecular flexibility index (Phi) is 4.53. The van der Waals surface area contributed by atoms with Gasteiger partial charge >= 0.3 is 4.87 Å². The lowest BCUT2D eigenvalue weighted by Gasteiger charge is -2.08. The highest BCUT2D eigenvalue weighted by atomic mass is 35.5. The Hall–Kier alpha value is -0.280. The molecule has 74 valence electrons. The zero-order chi connectivity index (χ0) is 9.68. The van der Waals surface area contributed by atoms with Gasteiger partial charge in [-0.15, -0.1) is 11.6 Å². The normalized spacial score (nSPS) is 13.1. The number of alkyl halides is 1. The van der Waals surface area contributed by atoms with Crippen molar-refractivity contribution in [3.63, 3.8) is 0 Å². The van der Waals surface area contributed by atoms with Crippen molar-refractivity contribution in [2.75, 3.05) is 5.88 Å². The van der Waals surface area contributed by atoms with Gasteiger partial charge < -0.3 is 4.57 Å². The third-order valence-corrected chi connectivity index (χ3v) is 3.02. The Morgan fingerprint density at radius 1 is 1.62 bits per heavy atom. The number of halogens is 1. The molecule has 0 aliphatic heterocycles. The van der Waals surface area contributed by atoms with Crippen LogP contribution < -0.4 is 4.87 Å². The summed E-state index contributed by atoms with van der Waals surface area (Å²) < 4.78 is 1.76. The van der Waals surface area contributed by atoms with Gasteiger partial charge in [0, 0.05) is 24.0 Å². The van der Waals surface area contributed by atoms with E-state index in [1.165, 1.54) is 11.3 Å². The zero-order valence-corrected chi connectivity index (χ0v) is 9.27. The lowest BCUT2D eigenvalue weighted by molar-refractivity contribution is 0.468. The molecule has 1 unspecified atom stereocenters. The van der Waals surface area contributed by atoms with Crippen LogP contribution in [0.15, 0.2) is 16.4 Å². The second-order valence-corrected chi connectivity index (χ2v) is 4.47. The molecule has 13 heavy (non-hydrogen) atoms. The first-order chi connectivity index (χ1) is 6.24. The SMILES string of the molecule is CC(CCCl)CCn1ccsc1=O. The predicted molar refractivity (Wildman–Crippen MR) is 57.7 cm³/mol. The van der Waals surface area contributed by atoms with E-state index in [1.54, 1.807) is 4.57 Å². The third-order valence-electron chi connectivity index (χ3n) is 2.11. The molecule has 0 fully saturated rings. The lowest BCUT2D eigenvalue weighted by atomic mass is 10.1. The summed E-state index contributed by atoms with van der Waals surface area (Å²) in [6.07, 6.45) is 3.91. The molecular formula is C9H14ClNOS. The smallest absolute Gasteiger partial charge is 0.306 e. The van der Waals surface area contributed by atoms with Crippen LogP contribution in [0, 0.1) is 5.92 Å². The highest BCUT2D eigenvalue weighted by Crippen LogP contribution is 2.09. The largest absolute Gasteiger partial charge is 0.307 e. The van der Waals surface area contributed by atoms with Crippen LogP contribution >= 0.6 is 22.9 Å². The fourth-order valence-electron chi connectivity index (χ4n) is 1.15. The number of nitrogens with zero attached hydrogens (tertiary/aromatic N) is 1. The van der Waals surface area contributed by atoms with Gasteiger partial charge in [0.1, 0.15) is 0 Å². The Balaban J connectivity index is 2.35. The molecule has 2 nitrogen and oxygen atoms in total. The number of rotatable bonds is 5. The fraction of sp³-hybridized carbons (Fsp3) is 0.667. The second-order valence-electron chi connectivity index (χ2n) is 3.23. The van der Waals surface area contributed by atoms with Gasteiger partial charge in [0.2, 0.25) is 0 Å². The summed E-state index contributed by atoms with van der Waals surface area (Å²) in [6, 6.07) is 0. The van der Waals surface area contributed by atoms with Crippen molar-refractivity contribution < 1.29 is 0 Å². The van der Waals surface area contributed by atoms with Crippen LogP contribution in [0.5, 0.6) is 0 Å². The second kappa shape index (κ2) is 5.45. The summed E-state index contributed by atoms with van der Waals surface area (Å²) in [6.45, 7) is 2.99. The number of thiazole rings is 1. The minimum absolute atomic E-state index is 0.137. The van der Waals surface area contributed by atoms with E-state index in [4.69, 9.17) is 11.6 Å². The summed E-state index contributed by atoms with van der Waals surface area (Å²) in [5, 5.41) is 1.83. The van der Waals surface area contributed by atoms with Crippen molar-refractivity contribution in [2.24, 2.45) is 5.92 Å². The molecule has 1 atom stereocenters. The highest BCUT2D eigenvalue weighted by molar-refractivity contribution is 7.07. The molecule has 0 N–H and O–H groups in total. The first-order valence-electron chi connectivity index (χ1n) is 4.44. The standard InChI is InChI=1S/C9H14ClNOS/c1-8(2-4-10)3-5-11-6-7-13-9(11)12/h6-8H,2-5H2,1H3. The molecular weight excluding hydrogens is 206 g/mol. The van der Waals surface area contributed by atoms with Crippen molar-refractivity contribution in [2.45, 2.75) is 26.3 Å². The molecule has 0 saturated carbocycles. The van der Waals surface area contributed by atoms with Gasteiger partial charge in [0.15, 0.2) is 0 Å². The van der Waals surface area contributed by atoms with Gasteiger partial charge in [-0.25, -0.2) is 0 Å². The van der Waals surface area contributed by atoms with E-state index in [0.717, 1.165) is 19.4 Å². The maximum atomic E-state index is 11.1. The molecule has 4 heteroatoms. The van der Waals surface area contributed by atoms with Gasteiger partial charge in [-0.3, -0.25) is 4.79 Å². The lowest BCUT2D eigenvalue weighted by Crippen LogP contribution is -2.13. The molecule has 0 aromatic carbocycles. The number of aromatic nitrogens is 1. The molecule has 0 radical (unpaired) electrons. The Morgan fingerprint density at radius 2 is 2.38 bits per heavy atom. The van der Waals surface area contributed by atoms with E-state index >= 15 is 0 Å². The zero-order valence-electron chi connectivity index (χ0n) is 7.70. The van der Waals surface area contributed by atoms with Crippen molar-refractivity contribution in [3.05, 3.63) is 21.2 Å². The van der Waals surface area contributed by atoms with Gasteiger partial charge in [0.25, 0.3) is 0 Å². The number of aryl methyl sites for hydroxylation is 1. The molecule has 1 aromatic heterocycles. The van der Waals surface area contributed by atoms with Gasteiger partial charge in [-0.2, -0.15) is 0 Å². The van der Waals surface area contributed by atoms with E-state index in [2.05, 4.69) is 6.92 Å². The predicted octanol–water partition coefficient (Wildman–Crippen LogP) is 2.56. The summed E-state index contributed by atoms with van der Waals surface area (Å²) in [5.74, 6) is 1.31. The molecule has 0 bridgehead atoms. The maximum absolute atomic E-state index is 11.1. The first kappa shape index (κ1) is 10.8. The minimum atomic E-state index is 0.137. The van der Waals surface area contributed by atoms with Crippen molar-refractivity contribution in [1.82, 2.24) is 4.57 Å². The quantitative estimate of drug-likeness (QED) is 0.698. The molecule has 1 aromatic rings. The van der Waals surface area contributed by atoms with E-state index in [0.29, 0.717) is 11.8 Å². The monoisotopic (exact) mass is 219 g/mol. The first-order valence-corrected chi connectivity index (χ1v) is 5.85. The van der Waals surface area contributed by atoms with Crippen LogP contribution in [-0.2, 0) is 6.54 Å². The minimum Gasteiger partial charge on any atom is -0.306 e. The van der Waals surface area contributed by atoms with Crippen LogP contribution in [0.25, 0.3) is 0 Å². The average molecular weight is 220 g/mol. The third kappa shape index (κ3) is 3.53. The Morgan fingerprint density at radius 3 is 2.92 bits per heavy atom. The van der Waals surface area contributed by atoms with Crippen LogP contribution in [0.3, 0.4) is 0 Å². The maximum Gasteiger partial charge on any atom is 0.307 e. The number of hydrogen-bond acceptors (Lipinski definition) is 2. The van der Waals surface area contributed by atoms with Gasteiger partial charge in [-0.1, -0.05) is 18.3 Å². The van der Waals surface area contributed by atoms with E-state index in [1.807, 2.05) is 11.6 Å². The van der Waals surface area contributed by atoms with Crippen LogP contribution in [0.2, 0.25) is 0 Å². The van der Waals surface area contributed by atoms with Crippen molar-refractivity contribution in [3.8, 4) is 0 Å². The van der Waals surface area contributed by atoms with E-state index in [-0.39, 0.29) is 4.87 Å². The Bertz CT molecular complexity index is 294. The van der Waals surface area contributed by atoms with Crippen LogP contribution in [0.4, 0.5) is 0 Å². The molecule has 0 amide bonds. The summed E-state index contributed by atoms with van der Waals surface area (Å²) in [5.41, 5.74) is 0. The molecule has 0 saturated heterocycles.